The fourth-order valence-corrected chi connectivity index (χ4v) is 7.12. The second kappa shape index (κ2) is 9.86. The number of aromatic nitrogens is 2. The Balaban J connectivity index is 1.71. The first-order chi connectivity index (χ1) is 19.1. The number of amides is 2. The van der Waals surface area contributed by atoms with E-state index in [0.29, 0.717) is 19.3 Å². The summed E-state index contributed by atoms with van der Waals surface area (Å²) < 4.78 is 20.7. The highest BCUT2D eigenvalue weighted by atomic mass is 19.1. The summed E-state index contributed by atoms with van der Waals surface area (Å²) in [4.78, 5) is 42.4. The number of benzene rings is 1. The molecule has 5 rings (SSSR count). The van der Waals surface area contributed by atoms with Crippen LogP contribution in [0.4, 0.5) is 9.18 Å². The number of guanidine groups is 1. The van der Waals surface area contributed by atoms with E-state index in [1.54, 1.807) is 33.2 Å². The number of carbonyl (C=O) groups excluding carboxylic acids is 2. The van der Waals surface area contributed by atoms with Gasteiger partial charge < -0.3 is 9.84 Å². The van der Waals surface area contributed by atoms with Crippen molar-refractivity contribution in [3.05, 3.63) is 48.0 Å². The fourth-order valence-electron chi connectivity index (χ4n) is 7.12. The van der Waals surface area contributed by atoms with Crippen LogP contribution in [0.1, 0.15) is 72.4 Å². The number of ether oxygens (including phenoxy) is 1. The Bertz CT molecular complexity index is 1370. The van der Waals surface area contributed by atoms with Gasteiger partial charge in [0, 0.05) is 23.4 Å². The maximum absolute atomic E-state index is 15.2. The van der Waals surface area contributed by atoms with Gasteiger partial charge in [-0.2, -0.15) is 0 Å². The van der Waals surface area contributed by atoms with Gasteiger partial charge in [0.05, 0.1) is 12.6 Å². The van der Waals surface area contributed by atoms with Crippen molar-refractivity contribution in [2.24, 2.45) is 22.2 Å². The summed E-state index contributed by atoms with van der Waals surface area (Å²) in [6.07, 6.45) is 5.24. The van der Waals surface area contributed by atoms with Gasteiger partial charge in [0.2, 0.25) is 5.96 Å². The average molecular weight is 566 g/mol. The summed E-state index contributed by atoms with van der Waals surface area (Å²) in [6, 6.07) is 5.96. The smallest absolute Gasteiger partial charge is 0.414 e. The SMILES string of the molecule is C[C@@H]1C[C@@]2(Cc3ccc(-c4cncnc4)cc3[C@]23N=C(NC(=O)OC(C)(C)C)N(CC(C)(C)F)C3=O)C[C@H](C)[C@H]1O. The second-order valence-corrected chi connectivity index (χ2v) is 13.7. The molecule has 10 heteroatoms. The number of hydrogen-bond acceptors (Lipinski definition) is 7. The number of aliphatic hydroxyl groups is 1. The van der Waals surface area contributed by atoms with Gasteiger partial charge in [-0.15, -0.1) is 0 Å². The normalized spacial score (nSPS) is 29.6. The van der Waals surface area contributed by atoms with Gasteiger partial charge in [0.15, 0.2) is 5.54 Å². The van der Waals surface area contributed by atoms with Crippen LogP contribution in [0.3, 0.4) is 0 Å². The number of fused-ring (bicyclic) bond motifs is 3. The molecule has 1 aromatic carbocycles. The number of nitrogens with zero attached hydrogens (tertiary/aromatic N) is 4. The summed E-state index contributed by atoms with van der Waals surface area (Å²) in [5.74, 6) is -0.597. The molecular weight excluding hydrogens is 525 g/mol. The molecule has 2 heterocycles. The molecule has 220 valence electrons. The van der Waals surface area contributed by atoms with Crippen LogP contribution in [0.25, 0.3) is 11.1 Å². The number of halogens is 1. The van der Waals surface area contributed by atoms with Crippen molar-refractivity contribution in [3.63, 3.8) is 0 Å². The van der Waals surface area contributed by atoms with Crippen LogP contribution in [0.2, 0.25) is 0 Å². The highest BCUT2D eigenvalue weighted by molar-refractivity contribution is 6.12. The van der Waals surface area contributed by atoms with Crippen LogP contribution in [-0.4, -0.2) is 61.9 Å². The topological polar surface area (TPSA) is 117 Å². The zero-order chi connectivity index (χ0) is 30.0. The van der Waals surface area contributed by atoms with Crippen molar-refractivity contribution in [1.29, 1.82) is 0 Å². The van der Waals surface area contributed by atoms with E-state index in [4.69, 9.17) is 9.73 Å². The monoisotopic (exact) mass is 565 g/mol. The lowest BCUT2D eigenvalue weighted by atomic mass is 9.56. The maximum Gasteiger partial charge on any atom is 0.414 e. The van der Waals surface area contributed by atoms with Crippen LogP contribution in [0, 0.1) is 17.3 Å². The molecule has 5 atom stereocenters. The highest BCUT2D eigenvalue weighted by Crippen LogP contribution is 2.63. The molecule has 0 saturated heterocycles. The lowest BCUT2D eigenvalue weighted by Gasteiger charge is -2.49. The van der Waals surface area contributed by atoms with Gasteiger partial charge in [-0.1, -0.05) is 26.0 Å². The van der Waals surface area contributed by atoms with Crippen LogP contribution >= 0.6 is 0 Å². The van der Waals surface area contributed by atoms with E-state index in [1.165, 1.54) is 25.1 Å². The van der Waals surface area contributed by atoms with Crippen molar-refractivity contribution >= 4 is 18.0 Å². The summed E-state index contributed by atoms with van der Waals surface area (Å²) in [5.41, 5.74) is -1.36. The number of alkyl halides is 1. The first-order valence-electron chi connectivity index (χ1n) is 14.2. The molecule has 41 heavy (non-hydrogen) atoms. The summed E-state index contributed by atoms with van der Waals surface area (Å²) >= 11 is 0. The lowest BCUT2D eigenvalue weighted by molar-refractivity contribution is -0.142. The van der Waals surface area contributed by atoms with Gasteiger partial charge in [-0.3, -0.25) is 15.0 Å². The third-order valence-electron chi connectivity index (χ3n) is 8.51. The number of hydrogen-bond donors (Lipinski definition) is 2. The van der Waals surface area contributed by atoms with E-state index >= 15 is 4.39 Å². The minimum absolute atomic E-state index is 0.0259. The minimum atomic E-state index is -1.77. The molecule has 9 nitrogen and oxygen atoms in total. The number of aliphatic hydroxyl groups excluding tert-OH is 1. The van der Waals surface area contributed by atoms with Crippen LogP contribution in [0.5, 0.6) is 0 Å². The van der Waals surface area contributed by atoms with Crippen molar-refractivity contribution < 1.29 is 23.8 Å². The molecule has 2 aromatic rings. The van der Waals surface area contributed by atoms with Gasteiger partial charge in [-0.25, -0.2) is 24.1 Å². The zero-order valence-electron chi connectivity index (χ0n) is 24.9. The summed E-state index contributed by atoms with van der Waals surface area (Å²) in [7, 11) is 0. The molecule has 0 unspecified atom stereocenters. The molecule has 1 aromatic heterocycles. The maximum atomic E-state index is 15.2. The molecule has 3 aliphatic rings. The Morgan fingerprint density at radius 1 is 1.12 bits per heavy atom. The molecule has 1 aliphatic heterocycles. The quantitative estimate of drug-likeness (QED) is 0.553. The minimum Gasteiger partial charge on any atom is -0.444 e. The molecular formula is C31H40FN5O4. The molecule has 2 amide bonds. The average Bonchev–Trinajstić information content (AvgIpc) is 3.27. The Morgan fingerprint density at radius 2 is 1.76 bits per heavy atom. The zero-order valence-corrected chi connectivity index (χ0v) is 24.9. The fraction of sp³-hybridized carbons (Fsp3) is 0.581. The molecule has 2 spiro atoms. The molecule has 0 bridgehead atoms. The second-order valence-electron chi connectivity index (χ2n) is 13.7. The molecule has 2 aliphatic carbocycles. The highest BCUT2D eigenvalue weighted by Gasteiger charge is 2.68. The number of rotatable bonds is 3. The standard InChI is InChI=1S/C31H40FN5O4/c1-18-11-30(12-19(2)24(18)38)13-21-9-8-20(22-14-33-17-34-15-22)10-23(21)31(30)25(39)37(16-29(6,7)32)26(36-31)35-27(40)41-28(3,4)5/h8-10,14-15,17-19,24,38H,11-13,16H2,1-7H3,(H,35,36,40)/t18-,19+,24+,30+,31-/m1/s1. The van der Waals surface area contributed by atoms with Gasteiger partial charge in [0.1, 0.15) is 17.6 Å². The lowest BCUT2D eigenvalue weighted by Crippen LogP contribution is -2.56. The number of alkyl carbamates (subject to hydrolysis) is 1. The molecule has 1 fully saturated rings. The van der Waals surface area contributed by atoms with Gasteiger partial charge >= 0.3 is 6.09 Å². The number of nitrogens with one attached hydrogen (secondary N) is 1. The van der Waals surface area contributed by atoms with E-state index in [9.17, 15) is 14.7 Å². The van der Waals surface area contributed by atoms with Crippen molar-refractivity contribution in [2.45, 2.75) is 90.6 Å². The van der Waals surface area contributed by atoms with E-state index in [1.807, 2.05) is 32.0 Å². The van der Waals surface area contributed by atoms with Crippen molar-refractivity contribution in [2.75, 3.05) is 6.54 Å². The van der Waals surface area contributed by atoms with Crippen LogP contribution in [-0.2, 0) is 21.5 Å². The first kappa shape index (κ1) is 29.1. The Labute approximate surface area is 240 Å². The van der Waals surface area contributed by atoms with Crippen LogP contribution < -0.4 is 5.32 Å². The molecule has 1 saturated carbocycles. The van der Waals surface area contributed by atoms with Crippen molar-refractivity contribution in [1.82, 2.24) is 20.2 Å². The number of aliphatic imine (C=N–C) groups is 1. The van der Waals surface area contributed by atoms with E-state index in [2.05, 4.69) is 15.3 Å². The summed E-state index contributed by atoms with van der Waals surface area (Å²) in [6.45, 7) is 11.7. The van der Waals surface area contributed by atoms with Gasteiger partial charge in [-0.05, 0) is 88.5 Å². The molecule has 0 radical (unpaired) electrons. The predicted molar refractivity (Wildman–Crippen MR) is 153 cm³/mol. The van der Waals surface area contributed by atoms with Crippen LogP contribution in [0.15, 0.2) is 41.9 Å². The molecule has 2 N–H and O–H groups in total. The summed E-state index contributed by atoms with van der Waals surface area (Å²) in [5, 5.41) is 13.6. The largest absolute Gasteiger partial charge is 0.444 e. The van der Waals surface area contributed by atoms with E-state index in [-0.39, 0.29) is 30.2 Å². The van der Waals surface area contributed by atoms with Crippen molar-refractivity contribution in [3.8, 4) is 11.1 Å². The van der Waals surface area contributed by atoms with E-state index in [0.717, 1.165) is 22.3 Å². The van der Waals surface area contributed by atoms with Gasteiger partial charge in [0.25, 0.3) is 5.91 Å². The third kappa shape index (κ3) is 5.11. The first-order valence-corrected chi connectivity index (χ1v) is 14.2. The Morgan fingerprint density at radius 3 is 2.34 bits per heavy atom. The Hall–Kier alpha value is -3.40. The predicted octanol–water partition coefficient (Wildman–Crippen LogP) is 4.78. The van der Waals surface area contributed by atoms with E-state index < -0.39 is 34.4 Å². The number of carbonyl (C=O) groups is 2. The third-order valence-corrected chi connectivity index (χ3v) is 8.51. The Kier molecular flexibility index (Phi) is 7.00.